The molecule has 2 N–H and O–H groups in total. The molecule has 80 valence electrons. The maximum Gasteiger partial charge on any atom is 0.332 e. The fourth-order valence-corrected chi connectivity index (χ4v) is 1.19. The SMILES string of the molecule is C=C(CNc1cccc(CC)c1)C(=O)O. The lowest BCUT2D eigenvalue weighted by Crippen LogP contribution is -2.11. The van der Waals surface area contributed by atoms with Crippen molar-refractivity contribution in [2.24, 2.45) is 0 Å². The third-order valence-corrected chi connectivity index (χ3v) is 2.14. The molecule has 15 heavy (non-hydrogen) atoms. The Balaban J connectivity index is 2.57. The summed E-state index contributed by atoms with van der Waals surface area (Å²) in [5.41, 5.74) is 2.31. The fourth-order valence-electron chi connectivity index (χ4n) is 1.19. The highest BCUT2D eigenvalue weighted by atomic mass is 16.4. The normalized spacial score (nSPS) is 9.67. The predicted octanol–water partition coefficient (Wildman–Crippen LogP) is 2.30. The van der Waals surface area contributed by atoms with E-state index in [-0.39, 0.29) is 12.1 Å². The van der Waals surface area contributed by atoms with Crippen molar-refractivity contribution in [1.29, 1.82) is 0 Å². The molecular formula is C12H15NO2. The topological polar surface area (TPSA) is 49.3 Å². The fraction of sp³-hybridized carbons (Fsp3) is 0.250. The van der Waals surface area contributed by atoms with Gasteiger partial charge in [0.1, 0.15) is 0 Å². The molecule has 3 heteroatoms. The minimum Gasteiger partial charge on any atom is -0.478 e. The zero-order chi connectivity index (χ0) is 11.3. The average Bonchev–Trinajstić information content (AvgIpc) is 2.26. The van der Waals surface area contributed by atoms with E-state index < -0.39 is 5.97 Å². The zero-order valence-corrected chi connectivity index (χ0v) is 8.79. The minimum atomic E-state index is -0.964. The standard InChI is InChI=1S/C12H15NO2/c1-3-10-5-4-6-11(7-10)13-8-9(2)12(14)15/h4-7,13H,2-3,8H2,1H3,(H,14,15). The number of benzene rings is 1. The van der Waals surface area contributed by atoms with Crippen LogP contribution in [-0.4, -0.2) is 17.6 Å². The van der Waals surface area contributed by atoms with Crippen LogP contribution in [0.2, 0.25) is 0 Å². The molecule has 0 aliphatic carbocycles. The van der Waals surface area contributed by atoms with Crippen LogP contribution in [-0.2, 0) is 11.2 Å². The molecule has 0 aliphatic heterocycles. The van der Waals surface area contributed by atoms with Gasteiger partial charge in [0, 0.05) is 17.8 Å². The van der Waals surface area contributed by atoms with Crippen LogP contribution in [0.25, 0.3) is 0 Å². The maximum absolute atomic E-state index is 10.5. The van der Waals surface area contributed by atoms with Crippen LogP contribution in [0.3, 0.4) is 0 Å². The van der Waals surface area contributed by atoms with E-state index in [9.17, 15) is 4.79 Å². The second-order valence-corrected chi connectivity index (χ2v) is 3.32. The molecule has 1 aromatic rings. The number of nitrogens with one attached hydrogen (secondary N) is 1. The third-order valence-electron chi connectivity index (χ3n) is 2.14. The van der Waals surface area contributed by atoms with Crippen molar-refractivity contribution in [2.45, 2.75) is 13.3 Å². The molecule has 1 rings (SSSR count). The number of hydrogen-bond acceptors (Lipinski definition) is 2. The highest BCUT2D eigenvalue weighted by molar-refractivity contribution is 5.86. The second kappa shape index (κ2) is 5.20. The molecule has 0 atom stereocenters. The second-order valence-electron chi connectivity index (χ2n) is 3.32. The summed E-state index contributed by atoms with van der Waals surface area (Å²) in [5.74, 6) is -0.964. The molecule has 0 spiro atoms. The molecule has 0 fully saturated rings. The number of carboxylic acids is 1. The Morgan fingerprint density at radius 3 is 2.87 bits per heavy atom. The van der Waals surface area contributed by atoms with E-state index in [4.69, 9.17) is 5.11 Å². The Morgan fingerprint density at radius 1 is 1.53 bits per heavy atom. The number of carboxylic acid groups (broad SMARTS) is 1. The van der Waals surface area contributed by atoms with Crippen molar-refractivity contribution in [3.63, 3.8) is 0 Å². The summed E-state index contributed by atoms with van der Waals surface area (Å²) in [4.78, 5) is 10.5. The van der Waals surface area contributed by atoms with E-state index in [1.165, 1.54) is 5.56 Å². The molecule has 0 unspecified atom stereocenters. The van der Waals surface area contributed by atoms with Crippen LogP contribution >= 0.6 is 0 Å². The number of rotatable bonds is 5. The third kappa shape index (κ3) is 3.46. The van der Waals surface area contributed by atoms with Crippen LogP contribution in [0.15, 0.2) is 36.4 Å². The molecule has 0 bridgehead atoms. The highest BCUT2D eigenvalue weighted by Crippen LogP contribution is 2.11. The summed E-state index contributed by atoms with van der Waals surface area (Å²) in [5, 5.41) is 11.6. The highest BCUT2D eigenvalue weighted by Gasteiger charge is 2.02. The van der Waals surface area contributed by atoms with Gasteiger partial charge in [0.05, 0.1) is 0 Å². The van der Waals surface area contributed by atoms with Gasteiger partial charge in [-0.1, -0.05) is 25.6 Å². The van der Waals surface area contributed by atoms with Gasteiger partial charge in [-0.3, -0.25) is 0 Å². The Labute approximate surface area is 89.4 Å². The van der Waals surface area contributed by atoms with Crippen molar-refractivity contribution >= 4 is 11.7 Å². The van der Waals surface area contributed by atoms with Gasteiger partial charge in [-0.25, -0.2) is 4.79 Å². The molecular weight excluding hydrogens is 190 g/mol. The lowest BCUT2D eigenvalue weighted by Gasteiger charge is -2.07. The van der Waals surface area contributed by atoms with E-state index >= 15 is 0 Å². The summed E-state index contributed by atoms with van der Waals surface area (Å²) in [7, 11) is 0. The average molecular weight is 205 g/mol. The Morgan fingerprint density at radius 2 is 2.27 bits per heavy atom. The molecule has 0 saturated heterocycles. The summed E-state index contributed by atoms with van der Waals surface area (Å²) in [6, 6.07) is 7.91. The summed E-state index contributed by atoms with van der Waals surface area (Å²) in [6.45, 7) is 5.79. The molecule has 0 amide bonds. The van der Waals surface area contributed by atoms with Crippen LogP contribution in [0.1, 0.15) is 12.5 Å². The van der Waals surface area contributed by atoms with Gasteiger partial charge in [0.2, 0.25) is 0 Å². The first-order chi connectivity index (χ1) is 7.13. The number of aryl methyl sites for hydroxylation is 1. The monoisotopic (exact) mass is 205 g/mol. The molecule has 0 saturated carbocycles. The van der Waals surface area contributed by atoms with Crippen LogP contribution in [0.5, 0.6) is 0 Å². The number of aliphatic carboxylic acids is 1. The lowest BCUT2D eigenvalue weighted by atomic mass is 10.1. The number of anilines is 1. The molecule has 0 heterocycles. The van der Waals surface area contributed by atoms with Crippen molar-refractivity contribution in [1.82, 2.24) is 0 Å². The molecule has 3 nitrogen and oxygen atoms in total. The van der Waals surface area contributed by atoms with Gasteiger partial charge in [0.15, 0.2) is 0 Å². The predicted molar refractivity (Wildman–Crippen MR) is 61.1 cm³/mol. The van der Waals surface area contributed by atoms with Crippen molar-refractivity contribution in [3.8, 4) is 0 Å². The van der Waals surface area contributed by atoms with Gasteiger partial charge in [-0.05, 0) is 24.1 Å². The first kappa shape index (κ1) is 11.3. The van der Waals surface area contributed by atoms with Gasteiger partial charge >= 0.3 is 5.97 Å². The smallest absolute Gasteiger partial charge is 0.332 e. The Bertz CT molecular complexity index is 372. The molecule has 0 radical (unpaired) electrons. The zero-order valence-electron chi connectivity index (χ0n) is 8.79. The van der Waals surface area contributed by atoms with Crippen LogP contribution < -0.4 is 5.32 Å². The quantitative estimate of drug-likeness (QED) is 0.725. The van der Waals surface area contributed by atoms with E-state index in [1.807, 2.05) is 24.3 Å². The number of carbonyl (C=O) groups is 1. The van der Waals surface area contributed by atoms with Gasteiger partial charge in [-0.15, -0.1) is 0 Å². The largest absolute Gasteiger partial charge is 0.478 e. The summed E-state index contributed by atoms with van der Waals surface area (Å²) in [6.07, 6.45) is 0.968. The Hall–Kier alpha value is -1.77. The molecule has 0 aliphatic rings. The van der Waals surface area contributed by atoms with Gasteiger partial charge in [0.25, 0.3) is 0 Å². The van der Waals surface area contributed by atoms with E-state index in [1.54, 1.807) is 0 Å². The van der Waals surface area contributed by atoms with E-state index in [0.29, 0.717) is 0 Å². The number of hydrogen-bond donors (Lipinski definition) is 2. The molecule has 0 aromatic heterocycles. The molecule has 1 aromatic carbocycles. The van der Waals surface area contributed by atoms with Gasteiger partial charge in [-0.2, -0.15) is 0 Å². The Kier molecular flexibility index (Phi) is 3.92. The lowest BCUT2D eigenvalue weighted by molar-refractivity contribution is -0.132. The first-order valence-electron chi connectivity index (χ1n) is 4.87. The maximum atomic E-state index is 10.5. The van der Waals surface area contributed by atoms with Crippen molar-refractivity contribution in [2.75, 3.05) is 11.9 Å². The van der Waals surface area contributed by atoms with Crippen molar-refractivity contribution in [3.05, 3.63) is 42.0 Å². The minimum absolute atomic E-state index is 0.164. The van der Waals surface area contributed by atoms with E-state index in [0.717, 1.165) is 12.1 Å². The first-order valence-corrected chi connectivity index (χ1v) is 4.87. The van der Waals surface area contributed by atoms with E-state index in [2.05, 4.69) is 18.8 Å². The van der Waals surface area contributed by atoms with Crippen molar-refractivity contribution < 1.29 is 9.90 Å². The summed E-state index contributed by atoms with van der Waals surface area (Å²) < 4.78 is 0. The van der Waals surface area contributed by atoms with Gasteiger partial charge < -0.3 is 10.4 Å². The van der Waals surface area contributed by atoms with Crippen LogP contribution in [0.4, 0.5) is 5.69 Å². The summed E-state index contributed by atoms with van der Waals surface area (Å²) >= 11 is 0. The van der Waals surface area contributed by atoms with Crippen LogP contribution in [0, 0.1) is 0 Å².